The molecule has 1 aromatic carbocycles. The van der Waals surface area contributed by atoms with E-state index < -0.39 is 17.7 Å². The van der Waals surface area contributed by atoms with Crippen LogP contribution in [-0.4, -0.2) is 41.7 Å². The Balaban J connectivity index is 1.61. The van der Waals surface area contributed by atoms with Gasteiger partial charge in [-0.2, -0.15) is 0 Å². The van der Waals surface area contributed by atoms with Gasteiger partial charge in [0, 0.05) is 25.2 Å². The first kappa shape index (κ1) is 13.9. The maximum absolute atomic E-state index is 13.6. The zero-order valence-corrected chi connectivity index (χ0v) is 11.4. The molecule has 3 nitrogen and oxygen atoms in total. The Morgan fingerprint density at radius 3 is 2.75 bits per heavy atom. The lowest BCUT2D eigenvalue weighted by Crippen LogP contribution is -2.41. The average Bonchev–Trinajstić information content (AvgIpc) is 2.99. The first-order chi connectivity index (χ1) is 9.66. The van der Waals surface area contributed by atoms with E-state index in [9.17, 15) is 13.9 Å². The Bertz CT molecular complexity index is 463. The van der Waals surface area contributed by atoms with Crippen LogP contribution in [0.1, 0.15) is 30.9 Å². The van der Waals surface area contributed by atoms with E-state index in [1.54, 1.807) is 0 Å². The lowest BCUT2D eigenvalue weighted by atomic mass is 10.0. The smallest absolute Gasteiger partial charge is 0.131 e. The first-order valence-corrected chi connectivity index (χ1v) is 7.26. The van der Waals surface area contributed by atoms with Crippen LogP contribution in [0.5, 0.6) is 0 Å². The van der Waals surface area contributed by atoms with Gasteiger partial charge in [0.15, 0.2) is 0 Å². The average molecular weight is 282 g/mol. The Morgan fingerprint density at radius 2 is 2.00 bits per heavy atom. The largest absolute Gasteiger partial charge is 0.387 e. The van der Waals surface area contributed by atoms with Gasteiger partial charge in [-0.1, -0.05) is 6.07 Å². The van der Waals surface area contributed by atoms with Crippen molar-refractivity contribution in [1.82, 2.24) is 10.2 Å². The summed E-state index contributed by atoms with van der Waals surface area (Å²) in [5.74, 6) is -1.37. The number of fused-ring (bicyclic) bond motifs is 1. The fourth-order valence-corrected chi connectivity index (χ4v) is 3.51. The van der Waals surface area contributed by atoms with Gasteiger partial charge in [0.25, 0.3) is 0 Å². The standard InChI is InChI=1S/C15H20F2N2O/c16-10-3-1-4-11(17)15(10)14(20)9-18-12-6-8-19-7-2-5-13(12)19/h1,3-4,12-14,18,20H,2,5-9H2. The summed E-state index contributed by atoms with van der Waals surface area (Å²) in [5.41, 5.74) is -0.235. The second kappa shape index (κ2) is 5.76. The molecule has 2 N–H and O–H groups in total. The van der Waals surface area contributed by atoms with Crippen LogP contribution in [0.25, 0.3) is 0 Å². The maximum atomic E-state index is 13.6. The minimum absolute atomic E-state index is 0.187. The van der Waals surface area contributed by atoms with Crippen LogP contribution < -0.4 is 5.32 Å². The molecule has 2 aliphatic rings. The summed E-state index contributed by atoms with van der Waals surface area (Å²) in [6.07, 6.45) is 2.28. The van der Waals surface area contributed by atoms with Crippen molar-refractivity contribution < 1.29 is 13.9 Å². The molecule has 2 saturated heterocycles. The Labute approximate surface area is 117 Å². The summed E-state index contributed by atoms with van der Waals surface area (Å²) in [6.45, 7) is 2.41. The second-order valence-electron chi connectivity index (χ2n) is 5.70. The zero-order valence-electron chi connectivity index (χ0n) is 11.4. The molecule has 20 heavy (non-hydrogen) atoms. The van der Waals surface area contributed by atoms with Crippen molar-refractivity contribution >= 4 is 0 Å². The van der Waals surface area contributed by atoms with Gasteiger partial charge in [0.1, 0.15) is 11.6 Å². The van der Waals surface area contributed by atoms with E-state index in [1.165, 1.54) is 31.0 Å². The van der Waals surface area contributed by atoms with Crippen LogP contribution in [-0.2, 0) is 0 Å². The molecule has 0 saturated carbocycles. The molecule has 3 unspecified atom stereocenters. The minimum Gasteiger partial charge on any atom is -0.387 e. The lowest BCUT2D eigenvalue weighted by molar-refractivity contribution is 0.157. The van der Waals surface area contributed by atoms with E-state index in [0.29, 0.717) is 12.1 Å². The van der Waals surface area contributed by atoms with Crippen molar-refractivity contribution in [3.8, 4) is 0 Å². The van der Waals surface area contributed by atoms with Gasteiger partial charge in [0.05, 0.1) is 11.7 Å². The lowest BCUT2D eigenvalue weighted by Gasteiger charge is -2.23. The zero-order chi connectivity index (χ0) is 14.1. The molecule has 2 aliphatic heterocycles. The van der Waals surface area contributed by atoms with Crippen molar-refractivity contribution in [2.45, 2.75) is 37.5 Å². The highest BCUT2D eigenvalue weighted by atomic mass is 19.1. The van der Waals surface area contributed by atoms with Crippen molar-refractivity contribution in [2.75, 3.05) is 19.6 Å². The quantitative estimate of drug-likeness (QED) is 0.884. The van der Waals surface area contributed by atoms with Gasteiger partial charge in [-0.15, -0.1) is 0 Å². The summed E-state index contributed by atoms with van der Waals surface area (Å²) >= 11 is 0. The van der Waals surface area contributed by atoms with Crippen LogP contribution in [0, 0.1) is 11.6 Å². The molecule has 2 fully saturated rings. The van der Waals surface area contributed by atoms with Gasteiger partial charge in [-0.05, 0) is 37.9 Å². The number of aliphatic hydroxyl groups excluding tert-OH is 1. The normalized spacial score (nSPS) is 27.8. The number of hydrogen-bond acceptors (Lipinski definition) is 3. The molecule has 0 amide bonds. The molecule has 5 heteroatoms. The van der Waals surface area contributed by atoms with E-state index in [4.69, 9.17) is 0 Å². The minimum atomic E-state index is -1.15. The fraction of sp³-hybridized carbons (Fsp3) is 0.600. The predicted octanol–water partition coefficient (Wildman–Crippen LogP) is 1.82. The third-order valence-electron chi connectivity index (χ3n) is 4.51. The number of aliphatic hydroxyl groups is 1. The SMILES string of the molecule is OC(CNC1CCN2CCCC12)c1c(F)cccc1F. The van der Waals surface area contributed by atoms with Crippen LogP contribution in [0.4, 0.5) is 8.78 Å². The van der Waals surface area contributed by atoms with Crippen molar-refractivity contribution in [3.05, 3.63) is 35.4 Å². The summed E-state index contributed by atoms with van der Waals surface area (Å²) in [6, 6.07) is 4.50. The second-order valence-corrected chi connectivity index (χ2v) is 5.70. The van der Waals surface area contributed by atoms with E-state index in [1.807, 2.05) is 0 Å². The summed E-state index contributed by atoms with van der Waals surface area (Å²) in [5, 5.41) is 13.3. The Morgan fingerprint density at radius 1 is 1.25 bits per heavy atom. The number of benzene rings is 1. The van der Waals surface area contributed by atoms with E-state index in [-0.39, 0.29) is 12.1 Å². The maximum Gasteiger partial charge on any atom is 0.131 e. The predicted molar refractivity (Wildman–Crippen MR) is 72.3 cm³/mol. The number of hydrogen-bond donors (Lipinski definition) is 2. The first-order valence-electron chi connectivity index (χ1n) is 7.26. The van der Waals surface area contributed by atoms with Crippen LogP contribution in [0.2, 0.25) is 0 Å². The number of nitrogens with zero attached hydrogens (tertiary/aromatic N) is 1. The summed E-state index contributed by atoms with van der Waals surface area (Å²) < 4.78 is 27.2. The van der Waals surface area contributed by atoms with Crippen molar-refractivity contribution in [2.24, 2.45) is 0 Å². The third kappa shape index (κ3) is 2.57. The summed E-state index contributed by atoms with van der Waals surface area (Å²) in [4.78, 5) is 2.45. The van der Waals surface area contributed by atoms with Gasteiger partial charge in [-0.25, -0.2) is 8.78 Å². The molecule has 3 atom stereocenters. The molecule has 0 spiro atoms. The van der Waals surface area contributed by atoms with Crippen LogP contribution in [0.3, 0.4) is 0 Å². The molecule has 0 radical (unpaired) electrons. The molecule has 0 aliphatic carbocycles. The molecular weight excluding hydrogens is 262 g/mol. The highest BCUT2D eigenvalue weighted by Crippen LogP contribution is 2.28. The van der Waals surface area contributed by atoms with E-state index in [0.717, 1.165) is 19.5 Å². The fourth-order valence-electron chi connectivity index (χ4n) is 3.51. The summed E-state index contributed by atoms with van der Waals surface area (Å²) in [7, 11) is 0. The molecule has 1 aromatic rings. The highest BCUT2D eigenvalue weighted by Gasteiger charge is 2.37. The number of nitrogens with one attached hydrogen (secondary N) is 1. The molecule has 0 aromatic heterocycles. The Kier molecular flexibility index (Phi) is 4.01. The Hall–Kier alpha value is -1.04. The molecule has 2 heterocycles. The number of halogens is 2. The molecule has 3 rings (SSSR count). The third-order valence-corrected chi connectivity index (χ3v) is 4.51. The van der Waals surface area contributed by atoms with E-state index in [2.05, 4.69) is 10.2 Å². The van der Waals surface area contributed by atoms with E-state index >= 15 is 0 Å². The molecule has 110 valence electrons. The van der Waals surface area contributed by atoms with Crippen molar-refractivity contribution in [3.63, 3.8) is 0 Å². The van der Waals surface area contributed by atoms with Gasteiger partial charge >= 0.3 is 0 Å². The molecular formula is C15H20F2N2O. The number of rotatable bonds is 4. The van der Waals surface area contributed by atoms with Crippen LogP contribution >= 0.6 is 0 Å². The molecule has 0 bridgehead atoms. The van der Waals surface area contributed by atoms with Crippen LogP contribution in [0.15, 0.2) is 18.2 Å². The van der Waals surface area contributed by atoms with Gasteiger partial charge < -0.3 is 10.4 Å². The highest BCUT2D eigenvalue weighted by molar-refractivity contribution is 5.22. The van der Waals surface area contributed by atoms with Gasteiger partial charge in [-0.3, -0.25) is 4.90 Å². The monoisotopic (exact) mass is 282 g/mol. The van der Waals surface area contributed by atoms with Gasteiger partial charge in [0.2, 0.25) is 0 Å². The topological polar surface area (TPSA) is 35.5 Å². The van der Waals surface area contributed by atoms with Crippen molar-refractivity contribution in [1.29, 1.82) is 0 Å².